The van der Waals surface area contributed by atoms with Crippen molar-refractivity contribution >= 4 is 33.5 Å². The van der Waals surface area contributed by atoms with Crippen LogP contribution in [0.15, 0.2) is 22.7 Å². The van der Waals surface area contributed by atoms with Crippen LogP contribution in [0.25, 0.3) is 0 Å². The molecule has 0 fully saturated rings. The summed E-state index contributed by atoms with van der Waals surface area (Å²) in [6.45, 7) is 1.75. The van der Waals surface area contributed by atoms with Gasteiger partial charge in [-0.1, -0.05) is 27.5 Å². The van der Waals surface area contributed by atoms with Crippen LogP contribution >= 0.6 is 27.5 Å². The molecule has 0 saturated heterocycles. The number of methoxy groups -OCH3 is 1. The Morgan fingerprint density at radius 3 is 2.81 bits per heavy atom. The summed E-state index contributed by atoms with van der Waals surface area (Å²) >= 11 is 9.40. The van der Waals surface area contributed by atoms with Crippen LogP contribution < -0.4 is 5.73 Å². The van der Waals surface area contributed by atoms with E-state index in [9.17, 15) is 4.79 Å². The summed E-state index contributed by atoms with van der Waals surface area (Å²) in [5, 5.41) is 0.539. The summed E-state index contributed by atoms with van der Waals surface area (Å²) in [6, 6.07) is 5.37. The van der Waals surface area contributed by atoms with Crippen molar-refractivity contribution in [1.82, 2.24) is 0 Å². The molecule has 0 saturated carbocycles. The van der Waals surface area contributed by atoms with Crippen molar-refractivity contribution in [1.29, 1.82) is 0 Å². The number of rotatable bonds is 3. The van der Waals surface area contributed by atoms with Crippen molar-refractivity contribution in [2.75, 3.05) is 7.11 Å². The third-order valence-electron chi connectivity index (χ3n) is 2.28. The highest BCUT2D eigenvalue weighted by atomic mass is 79.9. The highest BCUT2D eigenvalue weighted by Crippen LogP contribution is 2.31. The van der Waals surface area contributed by atoms with E-state index in [0.717, 1.165) is 4.47 Å². The fourth-order valence-electron chi connectivity index (χ4n) is 1.40. The van der Waals surface area contributed by atoms with Crippen molar-refractivity contribution in [2.45, 2.75) is 18.9 Å². The second-order valence-electron chi connectivity index (χ2n) is 3.79. The maximum absolute atomic E-state index is 11.2. The van der Waals surface area contributed by atoms with Crippen LogP contribution in [0.1, 0.15) is 18.9 Å². The molecule has 1 aromatic rings. The van der Waals surface area contributed by atoms with E-state index in [4.69, 9.17) is 17.3 Å². The zero-order valence-electron chi connectivity index (χ0n) is 9.09. The van der Waals surface area contributed by atoms with Crippen molar-refractivity contribution in [2.24, 2.45) is 5.73 Å². The molecule has 88 valence electrons. The van der Waals surface area contributed by atoms with E-state index in [0.29, 0.717) is 10.6 Å². The van der Waals surface area contributed by atoms with Gasteiger partial charge in [0.25, 0.3) is 0 Å². The van der Waals surface area contributed by atoms with Crippen LogP contribution in [0, 0.1) is 0 Å². The molecule has 0 aliphatic heterocycles. The van der Waals surface area contributed by atoms with Gasteiger partial charge in [0, 0.05) is 9.50 Å². The SMILES string of the molecule is COC(=O)CC(C)(N)c1cc(Br)ccc1Cl. The molecule has 0 aromatic heterocycles. The normalized spacial score (nSPS) is 14.3. The molecular weight excluding hydrogens is 293 g/mol. The van der Waals surface area contributed by atoms with Gasteiger partial charge in [0.1, 0.15) is 0 Å². The van der Waals surface area contributed by atoms with Crippen LogP contribution in [0.3, 0.4) is 0 Å². The minimum Gasteiger partial charge on any atom is -0.469 e. The zero-order valence-corrected chi connectivity index (χ0v) is 11.4. The average Bonchev–Trinajstić information content (AvgIpc) is 2.20. The van der Waals surface area contributed by atoms with Gasteiger partial charge in [-0.2, -0.15) is 0 Å². The van der Waals surface area contributed by atoms with Gasteiger partial charge in [0.2, 0.25) is 0 Å². The Balaban J connectivity index is 3.05. The number of halogens is 2. The van der Waals surface area contributed by atoms with Crippen molar-refractivity contribution < 1.29 is 9.53 Å². The lowest BCUT2D eigenvalue weighted by atomic mass is 9.90. The van der Waals surface area contributed by atoms with Crippen molar-refractivity contribution in [3.05, 3.63) is 33.3 Å². The zero-order chi connectivity index (χ0) is 12.3. The van der Waals surface area contributed by atoms with Gasteiger partial charge in [0.15, 0.2) is 0 Å². The number of esters is 1. The molecule has 0 heterocycles. The Kier molecular flexibility index (Phi) is 4.35. The Morgan fingerprint density at radius 1 is 1.62 bits per heavy atom. The highest BCUT2D eigenvalue weighted by molar-refractivity contribution is 9.10. The first-order valence-electron chi connectivity index (χ1n) is 4.68. The minimum absolute atomic E-state index is 0.0830. The molecule has 2 N–H and O–H groups in total. The lowest BCUT2D eigenvalue weighted by Gasteiger charge is -2.25. The molecule has 0 aliphatic rings. The third-order valence-corrected chi connectivity index (χ3v) is 3.11. The highest BCUT2D eigenvalue weighted by Gasteiger charge is 2.27. The first kappa shape index (κ1) is 13.5. The van der Waals surface area contributed by atoms with E-state index in [1.165, 1.54) is 7.11 Å². The monoisotopic (exact) mass is 305 g/mol. The van der Waals surface area contributed by atoms with Gasteiger partial charge < -0.3 is 10.5 Å². The van der Waals surface area contributed by atoms with E-state index in [1.807, 2.05) is 12.1 Å². The molecule has 1 unspecified atom stereocenters. The molecule has 0 bridgehead atoms. The van der Waals surface area contributed by atoms with Gasteiger partial charge >= 0.3 is 5.97 Å². The molecule has 1 aromatic carbocycles. The standard InChI is InChI=1S/C11H13BrClNO2/c1-11(14,6-10(15)16-2)8-5-7(12)3-4-9(8)13/h3-5H,6,14H2,1-2H3. The van der Waals surface area contributed by atoms with Crippen LogP contribution in [0.2, 0.25) is 5.02 Å². The molecule has 1 rings (SSSR count). The van der Waals surface area contributed by atoms with E-state index in [-0.39, 0.29) is 12.4 Å². The molecular formula is C11H13BrClNO2. The summed E-state index contributed by atoms with van der Waals surface area (Å²) in [5.41, 5.74) is 5.96. The van der Waals surface area contributed by atoms with Crippen molar-refractivity contribution in [3.8, 4) is 0 Å². The van der Waals surface area contributed by atoms with E-state index in [2.05, 4.69) is 20.7 Å². The van der Waals surface area contributed by atoms with Gasteiger partial charge in [-0.3, -0.25) is 4.79 Å². The Hall–Kier alpha value is -0.580. The number of hydrogen-bond donors (Lipinski definition) is 1. The summed E-state index contributed by atoms with van der Waals surface area (Å²) in [6.07, 6.45) is 0.0830. The smallest absolute Gasteiger partial charge is 0.307 e. The summed E-state index contributed by atoms with van der Waals surface area (Å²) in [5.74, 6) is -0.360. The number of ether oxygens (including phenoxy) is 1. The summed E-state index contributed by atoms with van der Waals surface area (Å²) < 4.78 is 5.47. The van der Waals surface area contributed by atoms with Crippen LogP contribution in [0.5, 0.6) is 0 Å². The first-order valence-corrected chi connectivity index (χ1v) is 5.85. The number of benzene rings is 1. The molecule has 16 heavy (non-hydrogen) atoms. The van der Waals surface area contributed by atoms with Gasteiger partial charge in [0.05, 0.1) is 19.1 Å². The molecule has 0 spiro atoms. The molecule has 0 aliphatic carbocycles. The Bertz CT molecular complexity index is 407. The number of nitrogens with two attached hydrogens (primary N) is 1. The predicted molar refractivity (Wildman–Crippen MR) is 67.3 cm³/mol. The molecule has 0 amide bonds. The minimum atomic E-state index is -0.839. The lowest BCUT2D eigenvalue weighted by molar-refractivity contribution is -0.141. The molecule has 0 radical (unpaired) electrons. The second-order valence-corrected chi connectivity index (χ2v) is 5.12. The van der Waals surface area contributed by atoms with Crippen LogP contribution in [-0.4, -0.2) is 13.1 Å². The number of carbonyl (C=O) groups is 1. The third kappa shape index (κ3) is 3.20. The quantitative estimate of drug-likeness (QED) is 0.874. The fraction of sp³-hybridized carbons (Fsp3) is 0.364. The summed E-state index contributed by atoms with van der Waals surface area (Å²) in [7, 11) is 1.33. The first-order chi connectivity index (χ1) is 7.36. The fourth-order valence-corrected chi connectivity index (χ4v) is 2.10. The largest absolute Gasteiger partial charge is 0.469 e. The van der Waals surface area contributed by atoms with E-state index in [1.54, 1.807) is 13.0 Å². The lowest BCUT2D eigenvalue weighted by Crippen LogP contribution is -2.36. The second kappa shape index (κ2) is 5.17. The van der Waals surface area contributed by atoms with Gasteiger partial charge in [-0.25, -0.2) is 0 Å². The molecule has 5 heteroatoms. The van der Waals surface area contributed by atoms with Crippen molar-refractivity contribution in [3.63, 3.8) is 0 Å². The van der Waals surface area contributed by atoms with E-state index >= 15 is 0 Å². The predicted octanol–water partition coefficient (Wildman–Crippen LogP) is 2.84. The maximum Gasteiger partial charge on any atom is 0.307 e. The number of carbonyl (C=O) groups excluding carboxylic acids is 1. The topological polar surface area (TPSA) is 52.3 Å². The van der Waals surface area contributed by atoms with E-state index < -0.39 is 5.54 Å². The van der Waals surface area contributed by atoms with Gasteiger partial charge in [-0.15, -0.1) is 0 Å². The average molecular weight is 307 g/mol. The molecule has 3 nitrogen and oxygen atoms in total. The summed E-state index contributed by atoms with van der Waals surface area (Å²) in [4.78, 5) is 11.2. The van der Waals surface area contributed by atoms with Gasteiger partial charge in [-0.05, 0) is 30.7 Å². The van der Waals surface area contributed by atoms with Crippen LogP contribution in [-0.2, 0) is 15.1 Å². The Morgan fingerprint density at radius 2 is 2.25 bits per heavy atom. The number of hydrogen-bond acceptors (Lipinski definition) is 3. The van der Waals surface area contributed by atoms with Crippen LogP contribution in [0.4, 0.5) is 0 Å². The Labute approximate surface area is 108 Å². The molecule has 1 atom stereocenters. The maximum atomic E-state index is 11.2.